The maximum absolute atomic E-state index is 12.4. The Kier molecular flexibility index (Phi) is 45.3. The van der Waals surface area contributed by atoms with Gasteiger partial charge >= 0.3 is 12.1 Å². The van der Waals surface area contributed by atoms with Crippen molar-refractivity contribution in [3.63, 3.8) is 0 Å². The molecule has 0 aromatic heterocycles. The molecule has 55 heavy (non-hydrogen) atoms. The van der Waals surface area contributed by atoms with Gasteiger partial charge in [0.1, 0.15) is 0 Å². The molecule has 15 nitrogen and oxygen atoms in total. The zero-order valence-corrected chi connectivity index (χ0v) is 34.6. The molecule has 0 spiro atoms. The third kappa shape index (κ3) is 46.6. The van der Waals surface area contributed by atoms with Gasteiger partial charge in [0.15, 0.2) is 6.10 Å². The lowest BCUT2D eigenvalue weighted by molar-refractivity contribution is -0.137. The average Bonchev–Trinajstić information content (AvgIpc) is 3.17. The SMILES string of the molecule is CCCCCCCOCCOCCOCCOCCOCC(COCCOCCOCCOCCOCCCCCCC)OC(=O)NCCCCCC(=O)O. The van der Waals surface area contributed by atoms with Crippen LogP contribution in [0.3, 0.4) is 0 Å². The summed E-state index contributed by atoms with van der Waals surface area (Å²) in [5, 5.41) is 11.4. The van der Waals surface area contributed by atoms with E-state index in [0.717, 1.165) is 26.1 Å². The Balaban J connectivity index is 3.93. The van der Waals surface area contributed by atoms with Crippen LogP contribution in [0, 0.1) is 0 Å². The van der Waals surface area contributed by atoms with Gasteiger partial charge in [0.05, 0.1) is 119 Å². The summed E-state index contributed by atoms with van der Waals surface area (Å²) >= 11 is 0. The lowest BCUT2D eigenvalue weighted by Crippen LogP contribution is -2.35. The lowest BCUT2D eigenvalue weighted by Gasteiger charge is -2.19. The quantitative estimate of drug-likeness (QED) is 0.0706. The van der Waals surface area contributed by atoms with Crippen molar-refractivity contribution in [2.75, 3.05) is 139 Å². The van der Waals surface area contributed by atoms with Gasteiger partial charge in [0.25, 0.3) is 0 Å². The van der Waals surface area contributed by atoms with Crippen LogP contribution in [0.15, 0.2) is 0 Å². The second-order valence-corrected chi connectivity index (χ2v) is 13.0. The van der Waals surface area contributed by atoms with Crippen LogP contribution in [0.2, 0.25) is 0 Å². The van der Waals surface area contributed by atoms with Gasteiger partial charge in [0, 0.05) is 26.2 Å². The number of unbranched alkanes of at least 4 members (excludes halogenated alkanes) is 10. The molecule has 0 aliphatic rings. The maximum atomic E-state index is 12.4. The Bertz CT molecular complexity index is 740. The van der Waals surface area contributed by atoms with E-state index in [1.54, 1.807) is 0 Å². The molecule has 0 aliphatic carbocycles. The topological polar surface area (TPSA) is 168 Å². The third-order valence-corrected chi connectivity index (χ3v) is 7.98. The molecule has 0 unspecified atom stereocenters. The number of nitrogens with one attached hydrogen (secondary N) is 1. The highest BCUT2D eigenvalue weighted by Crippen LogP contribution is 2.04. The molecule has 2 N–H and O–H groups in total. The summed E-state index contributed by atoms with van der Waals surface area (Å²) in [6.07, 6.45) is 13.1. The Hall–Kier alpha value is -1.66. The summed E-state index contributed by atoms with van der Waals surface area (Å²) in [6, 6.07) is 0. The number of alkyl carbamates (subject to hydrolysis) is 1. The zero-order valence-electron chi connectivity index (χ0n) is 34.6. The second-order valence-electron chi connectivity index (χ2n) is 13.0. The largest absolute Gasteiger partial charge is 0.481 e. The predicted octanol–water partition coefficient (Wildman–Crippen LogP) is 5.83. The molecular formula is C40H79NO14. The number of hydrogen-bond acceptors (Lipinski definition) is 13. The lowest BCUT2D eigenvalue weighted by atomic mass is 10.2. The van der Waals surface area contributed by atoms with Crippen molar-refractivity contribution in [2.24, 2.45) is 0 Å². The molecule has 0 bridgehead atoms. The fourth-order valence-electron chi connectivity index (χ4n) is 4.88. The van der Waals surface area contributed by atoms with E-state index < -0.39 is 18.2 Å². The number of ether oxygens (including phenoxy) is 11. The Morgan fingerprint density at radius 1 is 0.418 bits per heavy atom. The molecule has 0 heterocycles. The number of aliphatic carboxylic acids is 1. The molecule has 0 fully saturated rings. The van der Waals surface area contributed by atoms with Crippen molar-refractivity contribution in [2.45, 2.75) is 110 Å². The molecular weight excluding hydrogens is 718 g/mol. The van der Waals surface area contributed by atoms with Gasteiger partial charge in [-0.2, -0.15) is 0 Å². The van der Waals surface area contributed by atoms with Gasteiger partial charge in [-0.25, -0.2) is 4.79 Å². The summed E-state index contributed by atoms with van der Waals surface area (Å²) in [7, 11) is 0. The van der Waals surface area contributed by atoms with Gasteiger partial charge in [-0.3, -0.25) is 4.79 Å². The van der Waals surface area contributed by atoms with Crippen molar-refractivity contribution in [3.8, 4) is 0 Å². The van der Waals surface area contributed by atoms with E-state index in [4.69, 9.17) is 57.2 Å². The van der Waals surface area contributed by atoms with E-state index in [2.05, 4.69) is 19.2 Å². The molecule has 15 heteroatoms. The van der Waals surface area contributed by atoms with Crippen molar-refractivity contribution < 1.29 is 66.8 Å². The minimum Gasteiger partial charge on any atom is -0.481 e. The first-order valence-electron chi connectivity index (χ1n) is 21.0. The van der Waals surface area contributed by atoms with E-state index in [9.17, 15) is 9.59 Å². The van der Waals surface area contributed by atoms with Gasteiger partial charge in [-0.1, -0.05) is 71.6 Å². The molecule has 1 amide bonds. The van der Waals surface area contributed by atoms with E-state index in [0.29, 0.717) is 132 Å². The molecule has 0 saturated heterocycles. The molecule has 0 aromatic rings. The van der Waals surface area contributed by atoms with Crippen molar-refractivity contribution in [3.05, 3.63) is 0 Å². The number of carbonyl (C=O) groups is 2. The third-order valence-electron chi connectivity index (χ3n) is 7.98. The van der Waals surface area contributed by atoms with E-state index >= 15 is 0 Å². The van der Waals surface area contributed by atoms with Gasteiger partial charge < -0.3 is 62.5 Å². The fourth-order valence-corrected chi connectivity index (χ4v) is 4.88. The first-order chi connectivity index (χ1) is 27.1. The van der Waals surface area contributed by atoms with Gasteiger partial charge in [-0.05, 0) is 25.7 Å². The van der Waals surface area contributed by atoms with E-state index in [-0.39, 0.29) is 19.6 Å². The summed E-state index contributed by atoms with van der Waals surface area (Å²) in [6.45, 7) is 14.1. The number of carboxylic acids is 1. The molecule has 0 rings (SSSR count). The van der Waals surface area contributed by atoms with Crippen LogP contribution in [0.25, 0.3) is 0 Å². The van der Waals surface area contributed by atoms with Crippen molar-refractivity contribution in [1.29, 1.82) is 0 Å². The normalized spacial score (nSPS) is 11.5. The smallest absolute Gasteiger partial charge is 0.407 e. The van der Waals surface area contributed by atoms with Crippen LogP contribution in [0.5, 0.6) is 0 Å². The second kappa shape index (κ2) is 46.7. The number of carboxylic acid groups (broad SMARTS) is 1. The molecule has 328 valence electrons. The van der Waals surface area contributed by atoms with Crippen LogP contribution in [0.4, 0.5) is 4.79 Å². The van der Waals surface area contributed by atoms with Crippen LogP contribution >= 0.6 is 0 Å². The number of carbonyl (C=O) groups excluding carboxylic acids is 1. The van der Waals surface area contributed by atoms with Crippen molar-refractivity contribution in [1.82, 2.24) is 5.32 Å². The maximum Gasteiger partial charge on any atom is 0.407 e. The van der Waals surface area contributed by atoms with Crippen LogP contribution in [-0.4, -0.2) is 162 Å². The summed E-state index contributed by atoms with van der Waals surface area (Å²) in [5.41, 5.74) is 0. The highest BCUT2D eigenvalue weighted by Gasteiger charge is 2.15. The minimum atomic E-state index is -0.824. The highest BCUT2D eigenvalue weighted by atomic mass is 16.6. The number of rotatable bonds is 47. The Labute approximate surface area is 332 Å². The minimum absolute atomic E-state index is 0.115. The molecule has 0 atom stereocenters. The monoisotopic (exact) mass is 798 g/mol. The number of hydrogen-bond donors (Lipinski definition) is 2. The summed E-state index contributed by atoms with van der Waals surface area (Å²) in [4.78, 5) is 23.0. The standard InChI is InChI=1S/C40H79NO14/c1-3-5-7-9-14-18-45-20-22-47-24-26-49-28-30-51-32-34-53-36-38(55-40(44)41-17-13-11-12-16-39(42)43)37-54-35-33-52-31-29-50-27-25-48-23-21-46-19-15-10-8-6-4-2/h38H,3-37H2,1-2H3,(H,41,44)(H,42,43). The first kappa shape index (κ1) is 53.3. The van der Waals surface area contributed by atoms with Crippen LogP contribution in [0.1, 0.15) is 104 Å². The van der Waals surface area contributed by atoms with E-state index in [1.165, 1.54) is 51.4 Å². The Morgan fingerprint density at radius 2 is 0.745 bits per heavy atom. The summed E-state index contributed by atoms with van der Waals surface area (Å²) < 4.78 is 61.3. The van der Waals surface area contributed by atoms with Gasteiger partial charge in [-0.15, -0.1) is 0 Å². The fraction of sp³-hybridized carbons (Fsp3) is 0.950. The average molecular weight is 798 g/mol. The van der Waals surface area contributed by atoms with Crippen molar-refractivity contribution >= 4 is 12.1 Å². The molecule has 0 aromatic carbocycles. The van der Waals surface area contributed by atoms with Crippen LogP contribution in [-0.2, 0) is 56.9 Å². The summed E-state index contributed by atoms with van der Waals surface area (Å²) in [5.74, 6) is -0.824. The highest BCUT2D eigenvalue weighted by molar-refractivity contribution is 5.67. The van der Waals surface area contributed by atoms with Crippen LogP contribution < -0.4 is 5.32 Å². The van der Waals surface area contributed by atoms with E-state index in [1.807, 2.05) is 0 Å². The first-order valence-corrected chi connectivity index (χ1v) is 21.0. The predicted molar refractivity (Wildman–Crippen MR) is 210 cm³/mol. The molecule has 0 aliphatic heterocycles. The molecule has 0 radical (unpaired) electrons. The number of amides is 1. The molecule has 0 saturated carbocycles. The zero-order chi connectivity index (χ0) is 40.0. The Morgan fingerprint density at radius 3 is 1.11 bits per heavy atom. The van der Waals surface area contributed by atoms with Gasteiger partial charge in [0.2, 0.25) is 0 Å².